The normalized spacial score (nSPS) is 14.9. The Labute approximate surface area is 178 Å². The first-order valence-corrected chi connectivity index (χ1v) is 9.38. The number of urea groups is 1. The Hall–Kier alpha value is -2.96. The van der Waals surface area contributed by atoms with Gasteiger partial charge in [0.25, 0.3) is 5.91 Å². The summed E-state index contributed by atoms with van der Waals surface area (Å²) in [6, 6.07) is 9.88. The SMILES string of the molecule is C=CCN1C(=O)N/C(=C/c2ccc(OCc3ccc(Cl)cc3Cl)c(OC)c2)C1=O. The fraction of sp³-hybridized carbons (Fsp3) is 0.143. The second kappa shape index (κ2) is 9.03. The topological polar surface area (TPSA) is 67.9 Å². The number of carbonyl (C=O) groups is 2. The zero-order chi connectivity index (χ0) is 21.0. The molecule has 2 aromatic carbocycles. The molecule has 8 heteroatoms. The van der Waals surface area contributed by atoms with Gasteiger partial charge in [0, 0.05) is 22.2 Å². The Morgan fingerprint density at radius 3 is 2.62 bits per heavy atom. The second-order valence-corrected chi connectivity index (χ2v) is 6.97. The van der Waals surface area contributed by atoms with Crippen LogP contribution >= 0.6 is 23.2 Å². The van der Waals surface area contributed by atoms with Gasteiger partial charge in [0.15, 0.2) is 11.5 Å². The smallest absolute Gasteiger partial charge is 0.329 e. The number of methoxy groups -OCH3 is 1. The molecule has 1 fully saturated rings. The lowest BCUT2D eigenvalue weighted by molar-refractivity contribution is -0.122. The van der Waals surface area contributed by atoms with Gasteiger partial charge in [0.05, 0.1) is 7.11 Å². The molecule has 0 aromatic heterocycles. The third kappa shape index (κ3) is 4.72. The first kappa shape index (κ1) is 20.8. The highest BCUT2D eigenvalue weighted by Gasteiger charge is 2.32. The lowest BCUT2D eigenvalue weighted by Gasteiger charge is -2.12. The summed E-state index contributed by atoms with van der Waals surface area (Å²) in [5, 5.41) is 3.61. The molecule has 29 heavy (non-hydrogen) atoms. The number of benzene rings is 2. The molecule has 6 nitrogen and oxygen atoms in total. The molecule has 0 aliphatic carbocycles. The van der Waals surface area contributed by atoms with E-state index in [9.17, 15) is 9.59 Å². The number of imide groups is 1. The quantitative estimate of drug-likeness (QED) is 0.392. The van der Waals surface area contributed by atoms with E-state index < -0.39 is 11.9 Å². The van der Waals surface area contributed by atoms with Crippen LogP contribution in [0.2, 0.25) is 10.0 Å². The van der Waals surface area contributed by atoms with Gasteiger partial charge in [-0.1, -0.05) is 41.4 Å². The van der Waals surface area contributed by atoms with E-state index in [-0.39, 0.29) is 18.8 Å². The van der Waals surface area contributed by atoms with Gasteiger partial charge in [-0.25, -0.2) is 4.79 Å². The third-order valence-corrected chi connectivity index (χ3v) is 4.76. The monoisotopic (exact) mass is 432 g/mol. The summed E-state index contributed by atoms with van der Waals surface area (Å²) in [4.78, 5) is 25.2. The van der Waals surface area contributed by atoms with E-state index in [0.29, 0.717) is 27.1 Å². The zero-order valence-electron chi connectivity index (χ0n) is 15.6. The summed E-state index contributed by atoms with van der Waals surface area (Å²) in [5.74, 6) is 0.575. The molecule has 0 radical (unpaired) electrons. The van der Waals surface area contributed by atoms with E-state index in [2.05, 4.69) is 11.9 Å². The van der Waals surface area contributed by atoms with Gasteiger partial charge in [-0.3, -0.25) is 9.69 Å². The van der Waals surface area contributed by atoms with Crippen LogP contribution in [-0.2, 0) is 11.4 Å². The van der Waals surface area contributed by atoms with Crippen molar-refractivity contribution in [1.82, 2.24) is 10.2 Å². The van der Waals surface area contributed by atoms with Gasteiger partial charge in [0.2, 0.25) is 0 Å². The van der Waals surface area contributed by atoms with Gasteiger partial charge in [-0.15, -0.1) is 6.58 Å². The lowest BCUT2D eigenvalue weighted by Crippen LogP contribution is -2.30. The number of nitrogens with one attached hydrogen (secondary N) is 1. The van der Waals surface area contributed by atoms with Crippen LogP contribution in [0.1, 0.15) is 11.1 Å². The van der Waals surface area contributed by atoms with Crippen molar-refractivity contribution in [3.63, 3.8) is 0 Å². The summed E-state index contributed by atoms with van der Waals surface area (Å²) >= 11 is 12.1. The Morgan fingerprint density at radius 1 is 1.14 bits per heavy atom. The summed E-state index contributed by atoms with van der Waals surface area (Å²) < 4.78 is 11.2. The summed E-state index contributed by atoms with van der Waals surface area (Å²) in [7, 11) is 1.52. The number of nitrogens with zero attached hydrogens (tertiary/aromatic N) is 1. The summed E-state index contributed by atoms with van der Waals surface area (Å²) in [5.41, 5.74) is 1.63. The fourth-order valence-electron chi connectivity index (χ4n) is 2.72. The molecule has 0 spiro atoms. The van der Waals surface area contributed by atoms with Crippen LogP contribution in [0.15, 0.2) is 54.8 Å². The maximum atomic E-state index is 12.3. The predicted molar refractivity (Wildman–Crippen MR) is 112 cm³/mol. The lowest BCUT2D eigenvalue weighted by atomic mass is 10.1. The molecule has 3 rings (SSSR count). The molecule has 1 heterocycles. The van der Waals surface area contributed by atoms with Crippen molar-refractivity contribution in [3.05, 3.63) is 75.9 Å². The van der Waals surface area contributed by atoms with Crippen LogP contribution < -0.4 is 14.8 Å². The highest BCUT2D eigenvalue weighted by Crippen LogP contribution is 2.31. The maximum absolute atomic E-state index is 12.3. The minimum absolute atomic E-state index is 0.144. The average Bonchev–Trinajstić information content (AvgIpc) is 2.95. The van der Waals surface area contributed by atoms with Gasteiger partial charge < -0.3 is 14.8 Å². The number of halogens is 2. The van der Waals surface area contributed by atoms with Crippen LogP contribution in [0, 0.1) is 0 Å². The van der Waals surface area contributed by atoms with E-state index in [1.165, 1.54) is 13.2 Å². The van der Waals surface area contributed by atoms with E-state index >= 15 is 0 Å². The van der Waals surface area contributed by atoms with Crippen LogP contribution in [0.5, 0.6) is 11.5 Å². The van der Waals surface area contributed by atoms with Gasteiger partial charge in [-0.2, -0.15) is 0 Å². The second-order valence-electron chi connectivity index (χ2n) is 6.13. The Kier molecular flexibility index (Phi) is 6.46. The zero-order valence-corrected chi connectivity index (χ0v) is 17.1. The summed E-state index contributed by atoms with van der Waals surface area (Å²) in [6.45, 7) is 3.92. The van der Waals surface area contributed by atoms with Crippen molar-refractivity contribution in [2.75, 3.05) is 13.7 Å². The molecule has 1 saturated heterocycles. The van der Waals surface area contributed by atoms with Crippen molar-refractivity contribution < 1.29 is 19.1 Å². The van der Waals surface area contributed by atoms with E-state index in [1.807, 2.05) is 0 Å². The first-order valence-electron chi connectivity index (χ1n) is 8.63. The summed E-state index contributed by atoms with van der Waals surface area (Å²) in [6.07, 6.45) is 3.06. The number of rotatable bonds is 7. The highest BCUT2D eigenvalue weighted by atomic mass is 35.5. The van der Waals surface area contributed by atoms with Crippen molar-refractivity contribution in [3.8, 4) is 11.5 Å². The van der Waals surface area contributed by atoms with Gasteiger partial charge in [0.1, 0.15) is 12.3 Å². The van der Waals surface area contributed by atoms with Crippen molar-refractivity contribution in [2.24, 2.45) is 0 Å². The molecule has 0 bridgehead atoms. The van der Waals surface area contributed by atoms with E-state index in [0.717, 1.165) is 10.5 Å². The average molecular weight is 433 g/mol. The molecule has 1 aliphatic rings. The molecule has 0 unspecified atom stereocenters. The Balaban J connectivity index is 1.77. The standard InChI is InChI=1S/C21H18Cl2N2O4/c1-3-8-25-20(26)17(24-21(25)27)9-13-4-7-18(19(10-13)28-2)29-12-14-5-6-15(22)11-16(14)23/h3-7,9-11H,1,8,12H2,2H3,(H,24,27)/b17-9+. The van der Waals surface area contributed by atoms with Crippen LogP contribution in [-0.4, -0.2) is 30.5 Å². The fourth-order valence-corrected chi connectivity index (χ4v) is 3.18. The van der Waals surface area contributed by atoms with Crippen LogP contribution in [0.4, 0.5) is 4.79 Å². The van der Waals surface area contributed by atoms with Crippen molar-refractivity contribution in [1.29, 1.82) is 0 Å². The Bertz CT molecular complexity index is 1000. The molecular weight excluding hydrogens is 415 g/mol. The number of amides is 3. The molecule has 1 N–H and O–H groups in total. The minimum atomic E-state index is -0.479. The number of hydrogen-bond acceptors (Lipinski definition) is 4. The van der Waals surface area contributed by atoms with E-state index in [1.54, 1.807) is 42.5 Å². The predicted octanol–water partition coefficient (Wildman–Crippen LogP) is 4.66. The van der Waals surface area contributed by atoms with Gasteiger partial charge >= 0.3 is 6.03 Å². The largest absolute Gasteiger partial charge is 0.493 e. The van der Waals surface area contributed by atoms with Crippen LogP contribution in [0.3, 0.4) is 0 Å². The molecule has 0 saturated carbocycles. The molecule has 3 amide bonds. The number of hydrogen-bond donors (Lipinski definition) is 1. The first-order chi connectivity index (χ1) is 13.9. The molecule has 0 atom stereocenters. The Morgan fingerprint density at radius 2 is 1.93 bits per heavy atom. The van der Waals surface area contributed by atoms with E-state index in [4.69, 9.17) is 32.7 Å². The molecule has 2 aromatic rings. The highest BCUT2D eigenvalue weighted by molar-refractivity contribution is 6.35. The molecular formula is C21H18Cl2N2O4. The van der Waals surface area contributed by atoms with Gasteiger partial charge in [-0.05, 0) is 35.9 Å². The van der Waals surface area contributed by atoms with Crippen molar-refractivity contribution in [2.45, 2.75) is 6.61 Å². The van der Waals surface area contributed by atoms with Crippen molar-refractivity contribution >= 4 is 41.2 Å². The molecule has 1 aliphatic heterocycles. The minimum Gasteiger partial charge on any atom is -0.493 e. The maximum Gasteiger partial charge on any atom is 0.329 e. The molecule has 150 valence electrons. The number of carbonyl (C=O) groups excluding carboxylic acids is 2. The number of ether oxygens (including phenoxy) is 2. The van der Waals surface area contributed by atoms with Crippen LogP contribution in [0.25, 0.3) is 6.08 Å². The third-order valence-electron chi connectivity index (χ3n) is 4.17.